The largest absolute Gasteiger partial charge is 0.379 e. The molecule has 0 aromatic carbocycles. The fourth-order valence-electron chi connectivity index (χ4n) is 2.53. The van der Waals surface area contributed by atoms with Crippen LogP contribution >= 0.6 is 39.0 Å². The Morgan fingerprint density at radius 1 is 1.48 bits per heavy atom. The van der Waals surface area contributed by atoms with E-state index in [1.165, 1.54) is 11.3 Å². The van der Waals surface area contributed by atoms with Crippen LogP contribution in [0.4, 0.5) is 0 Å². The van der Waals surface area contributed by atoms with Crippen molar-refractivity contribution in [1.82, 2.24) is 4.98 Å². The molecule has 0 radical (unpaired) electrons. The minimum absolute atomic E-state index is 0.0955. The number of aromatic nitrogens is 1. The topological polar surface area (TPSA) is 68.3 Å². The zero-order valence-corrected chi connectivity index (χ0v) is 15.8. The van der Waals surface area contributed by atoms with Crippen LogP contribution in [0.1, 0.15) is 34.1 Å². The lowest BCUT2D eigenvalue weighted by Gasteiger charge is -2.29. The summed E-state index contributed by atoms with van der Waals surface area (Å²) in [5.74, 6) is 1.04. The van der Waals surface area contributed by atoms with Crippen molar-refractivity contribution < 1.29 is 4.79 Å². The van der Waals surface area contributed by atoms with Crippen molar-refractivity contribution in [2.75, 3.05) is 5.75 Å². The number of amidine groups is 1. The molecule has 0 aliphatic carbocycles. The van der Waals surface area contributed by atoms with Crippen molar-refractivity contribution in [3.63, 3.8) is 0 Å². The number of carbonyl (C=O) groups excluding carboxylic acids is 1. The molecule has 120 valence electrons. The highest BCUT2D eigenvalue weighted by molar-refractivity contribution is 9.10. The normalized spacial score (nSPS) is 21.0. The molecule has 2 aromatic heterocycles. The second-order valence-electron chi connectivity index (χ2n) is 5.60. The maximum absolute atomic E-state index is 12.4. The lowest BCUT2D eigenvalue weighted by Crippen LogP contribution is -2.29. The molecular formula is C16H16BrN3OS2. The first-order valence-electron chi connectivity index (χ1n) is 7.17. The summed E-state index contributed by atoms with van der Waals surface area (Å²) in [6.45, 7) is 2.07. The molecule has 0 spiro atoms. The molecule has 3 rings (SSSR count). The second-order valence-corrected chi connectivity index (χ2v) is 8.49. The molecule has 3 heterocycles. The average Bonchev–Trinajstić information content (AvgIpc) is 2.93. The Labute approximate surface area is 151 Å². The molecule has 4 nitrogen and oxygen atoms in total. The summed E-state index contributed by atoms with van der Waals surface area (Å²) in [7, 11) is 0. The molecule has 0 unspecified atom stereocenters. The molecule has 7 heteroatoms. The van der Waals surface area contributed by atoms with Crippen molar-refractivity contribution in [1.29, 1.82) is 0 Å². The Kier molecular flexibility index (Phi) is 4.89. The summed E-state index contributed by atoms with van der Waals surface area (Å²) in [6, 6.07) is 3.92. The predicted octanol–water partition coefficient (Wildman–Crippen LogP) is 4.00. The number of pyridine rings is 1. The van der Waals surface area contributed by atoms with Crippen LogP contribution in [0, 0.1) is 0 Å². The minimum Gasteiger partial charge on any atom is -0.379 e. The lowest BCUT2D eigenvalue weighted by molar-refractivity contribution is 0.0996. The Morgan fingerprint density at radius 2 is 2.30 bits per heavy atom. The lowest BCUT2D eigenvalue weighted by atomic mass is 9.90. The second kappa shape index (κ2) is 6.75. The molecule has 0 saturated carbocycles. The van der Waals surface area contributed by atoms with Gasteiger partial charge < -0.3 is 5.73 Å². The van der Waals surface area contributed by atoms with Gasteiger partial charge in [-0.2, -0.15) is 0 Å². The molecule has 0 bridgehead atoms. The zero-order valence-electron chi connectivity index (χ0n) is 12.6. The van der Waals surface area contributed by atoms with Crippen molar-refractivity contribution >= 4 is 50.0 Å². The molecule has 1 aliphatic rings. The minimum atomic E-state index is -0.356. The number of nitrogens with zero attached hydrogens (tertiary/aromatic N) is 2. The first kappa shape index (κ1) is 16.7. The number of nitrogens with two attached hydrogens (primary N) is 1. The SMILES string of the molecule is C[C@@]1(c2cncc(CC(=O)c3sccc3Br)c2)CCSC(N)=N1. The zero-order chi connectivity index (χ0) is 16.4. The van der Waals surface area contributed by atoms with E-state index < -0.39 is 0 Å². The van der Waals surface area contributed by atoms with Gasteiger partial charge in [-0.05, 0) is 57.9 Å². The predicted molar refractivity (Wildman–Crippen MR) is 100 cm³/mol. The van der Waals surface area contributed by atoms with E-state index in [0.29, 0.717) is 11.6 Å². The molecule has 0 saturated heterocycles. The van der Waals surface area contributed by atoms with Crippen LogP contribution in [0.15, 0.2) is 39.4 Å². The van der Waals surface area contributed by atoms with Gasteiger partial charge in [-0.15, -0.1) is 11.3 Å². The molecule has 1 aliphatic heterocycles. The fraction of sp³-hybridized carbons (Fsp3) is 0.312. The van der Waals surface area contributed by atoms with E-state index >= 15 is 0 Å². The van der Waals surface area contributed by atoms with E-state index in [-0.39, 0.29) is 11.3 Å². The van der Waals surface area contributed by atoms with Crippen LogP contribution in [-0.2, 0) is 12.0 Å². The van der Waals surface area contributed by atoms with Crippen LogP contribution < -0.4 is 5.73 Å². The van der Waals surface area contributed by atoms with E-state index in [1.54, 1.807) is 18.0 Å². The highest BCUT2D eigenvalue weighted by Crippen LogP contribution is 2.35. The van der Waals surface area contributed by atoms with Crippen molar-refractivity contribution in [3.05, 3.63) is 50.4 Å². The smallest absolute Gasteiger partial charge is 0.178 e. The van der Waals surface area contributed by atoms with Gasteiger partial charge in [-0.3, -0.25) is 14.8 Å². The maximum Gasteiger partial charge on any atom is 0.178 e. The van der Waals surface area contributed by atoms with Crippen LogP contribution in [-0.4, -0.2) is 21.7 Å². The Hall–Kier alpha value is -1.18. The molecular weight excluding hydrogens is 394 g/mol. The summed E-state index contributed by atoms with van der Waals surface area (Å²) in [5, 5.41) is 2.52. The fourth-order valence-corrected chi connectivity index (χ4v) is 5.04. The Morgan fingerprint density at radius 3 is 3.00 bits per heavy atom. The summed E-state index contributed by atoms with van der Waals surface area (Å²) in [4.78, 5) is 22.1. The third-order valence-corrected chi connectivity index (χ3v) is 6.52. The van der Waals surface area contributed by atoms with Crippen LogP contribution in [0.25, 0.3) is 0 Å². The third kappa shape index (κ3) is 3.67. The number of aliphatic imine (C=N–C) groups is 1. The Bertz CT molecular complexity index is 774. The highest BCUT2D eigenvalue weighted by Gasteiger charge is 2.30. The summed E-state index contributed by atoms with van der Waals surface area (Å²) < 4.78 is 0.852. The van der Waals surface area contributed by atoms with Crippen LogP contribution in [0.2, 0.25) is 0 Å². The maximum atomic E-state index is 12.4. The molecule has 0 fully saturated rings. The third-order valence-electron chi connectivity index (χ3n) is 3.85. The summed E-state index contributed by atoms with van der Waals surface area (Å²) in [5.41, 5.74) is 7.44. The quantitative estimate of drug-likeness (QED) is 0.774. The number of Topliss-reactive ketones (excluding diaryl/α,β-unsaturated/α-hetero) is 1. The Balaban J connectivity index is 1.85. The highest BCUT2D eigenvalue weighted by atomic mass is 79.9. The number of hydrogen-bond acceptors (Lipinski definition) is 6. The average molecular weight is 410 g/mol. The van der Waals surface area contributed by atoms with E-state index in [2.05, 4.69) is 32.8 Å². The number of hydrogen-bond donors (Lipinski definition) is 1. The van der Waals surface area contributed by atoms with Gasteiger partial charge in [-0.1, -0.05) is 11.8 Å². The number of thiophene rings is 1. The molecule has 2 N–H and O–H groups in total. The number of halogens is 1. The number of ketones is 1. The van der Waals surface area contributed by atoms with Gasteiger partial charge in [0.05, 0.1) is 10.4 Å². The van der Waals surface area contributed by atoms with Gasteiger partial charge in [0.2, 0.25) is 0 Å². The van der Waals surface area contributed by atoms with Gasteiger partial charge in [0.1, 0.15) is 0 Å². The van der Waals surface area contributed by atoms with Gasteiger partial charge >= 0.3 is 0 Å². The van der Waals surface area contributed by atoms with Crippen molar-refractivity contribution in [2.45, 2.75) is 25.3 Å². The summed E-state index contributed by atoms with van der Waals surface area (Å²) in [6.07, 6.45) is 4.82. The molecule has 1 atom stereocenters. The van der Waals surface area contributed by atoms with E-state index in [4.69, 9.17) is 5.73 Å². The van der Waals surface area contributed by atoms with Crippen molar-refractivity contribution in [3.8, 4) is 0 Å². The van der Waals surface area contributed by atoms with E-state index in [9.17, 15) is 4.79 Å². The van der Waals surface area contributed by atoms with E-state index in [0.717, 1.165) is 32.7 Å². The molecule has 0 amide bonds. The molecule has 2 aromatic rings. The van der Waals surface area contributed by atoms with E-state index in [1.807, 2.05) is 23.7 Å². The monoisotopic (exact) mass is 409 g/mol. The first-order valence-corrected chi connectivity index (χ1v) is 9.82. The van der Waals surface area contributed by atoms with Crippen molar-refractivity contribution in [2.24, 2.45) is 10.7 Å². The van der Waals surface area contributed by atoms with Gasteiger partial charge in [-0.25, -0.2) is 0 Å². The van der Waals surface area contributed by atoms with Gasteiger partial charge in [0.15, 0.2) is 11.0 Å². The standard InChI is InChI=1S/C16H16BrN3OS2/c1-16(3-5-23-15(18)20-16)11-6-10(8-19-9-11)7-13(21)14-12(17)2-4-22-14/h2,4,6,8-9H,3,5,7H2,1H3,(H2,18,20)/t16-/m0/s1. The number of rotatable bonds is 4. The number of thioether (sulfide) groups is 1. The first-order chi connectivity index (χ1) is 11.0. The molecule has 23 heavy (non-hydrogen) atoms. The summed E-state index contributed by atoms with van der Waals surface area (Å²) >= 11 is 6.44. The van der Waals surface area contributed by atoms with Crippen LogP contribution in [0.3, 0.4) is 0 Å². The van der Waals surface area contributed by atoms with Gasteiger partial charge in [0.25, 0.3) is 0 Å². The van der Waals surface area contributed by atoms with Crippen LogP contribution in [0.5, 0.6) is 0 Å². The van der Waals surface area contributed by atoms with Gasteiger partial charge in [0, 0.05) is 29.0 Å². The number of carbonyl (C=O) groups is 1.